The Kier molecular flexibility index (Phi) is 6.19. The van der Waals surface area contributed by atoms with Crippen LogP contribution in [0.4, 0.5) is 8.78 Å². The van der Waals surface area contributed by atoms with Crippen LogP contribution in [0.5, 0.6) is 0 Å². The van der Waals surface area contributed by atoms with Gasteiger partial charge >= 0.3 is 5.97 Å². The van der Waals surface area contributed by atoms with Crippen molar-refractivity contribution in [2.75, 3.05) is 6.61 Å². The number of carbonyl (C=O) groups is 2. The summed E-state index contributed by atoms with van der Waals surface area (Å²) in [5.74, 6) is -3.50. The molecule has 2 aromatic rings. The van der Waals surface area contributed by atoms with Gasteiger partial charge in [0.15, 0.2) is 17.4 Å². The lowest BCUT2D eigenvalue weighted by molar-refractivity contribution is -0.139. The van der Waals surface area contributed by atoms with Crippen molar-refractivity contribution in [3.8, 4) is 0 Å². The van der Waals surface area contributed by atoms with E-state index in [4.69, 9.17) is 4.74 Å². The van der Waals surface area contributed by atoms with Gasteiger partial charge in [0.2, 0.25) is 0 Å². The molecular formula is C27H27F2NO3. The van der Waals surface area contributed by atoms with E-state index in [-0.39, 0.29) is 23.4 Å². The molecule has 2 aliphatic rings. The van der Waals surface area contributed by atoms with Crippen molar-refractivity contribution in [3.63, 3.8) is 0 Å². The Morgan fingerprint density at radius 3 is 2.52 bits per heavy atom. The van der Waals surface area contributed by atoms with Gasteiger partial charge in [-0.1, -0.05) is 50.2 Å². The van der Waals surface area contributed by atoms with Crippen molar-refractivity contribution in [1.82, 2.24) is 5.32 Å². The smallest absolute Gasteiger partial charge is 0.336 e. The molecule has 4 rings (SSSR count). The number of carbonyl (C=O) groups excluding carboxylic acids is 2. The van der Waals surface area contributed by atoms with Crippen LogP contribution in [0, 0.1) is 17.0 Å². The molecule has 4 nitrogen and oxygen atoms in total. The Bertz CT molecular complexity index is 1170. The SMILES string of the molecule is CC1=C(C(=O)OCCc2ccccc2)[C@@H](c2ccc(F)c(F)c2)C2=C(CC(C)(C)CC2=O)N1. The molecule has 1 atom stereocenters. The summed E-state index contributed by atoms with van der Waals surface area (Å²) in [7, 11) is 0. The largest absolute Gasteiger partial charge is 0.462 e. The number of benzene rings is 2. The molecule has 0 spiro atoms. The van der Waals surface area contributed by atoms with Crippen molar-refractivity contribution in [1.29, 1.82) is 0 Å². The third-order valence-electron chi connectivity index (χ3n) is 6.20. The summed E-state index contributed by atoms with van der Waals surface area (Å²) in [6.45, 7) is 5.93. The molecule has 0 amide bonds. The summed E-state index contributed by atoms with van der Waals surface area (Å²) in [6.07, 6.45) is 1.47. The summed E-state index contributed by atoms with van der Waals surface area (Å²) in [4.78, 5) is 26.4. The molecule has 6 heteroatoms. The Morgan fingerprint density at radius 1 is 1.09 bits per heavy atom. The van der Waals surface area contributed by atoms with E-state index in [9.17, 15) is 18.4 Å². The number of rotatable bonds is 5. The first-order chi connectivity index (χ1) is 15.7. The van der Waals surface area contributed by atoms with E-state index in [1.165, 1.54) is 6.07 Å². The molecule has 0 saturated heterocycles. The van der Waals surface area contributed by atoms with Gasteiger partial charge in [0.1, 0.15) is 0 Å². The highest BCUT2D eigenvalue weighted by Gasteiger charge is 2.43. The third-order valence-corrected chi connectivity index (χ3v) is 6.20. The fourth-order valence-electron chi connectivity index (χ4n) is 4.72. The van der Waals surface area contributed by atoms with Gasteiger partial charge in [-0.2, -0.15) is 0 Å². The number of Topliss-reactive ketones (excluding diaryl/α,β-unsaturated/α-hetero) is 1. The summed E-state index contributed by atoms with van der Waals surface area (Å²) < 4.78 is 33.4. The molecule has 1 aliphatic heterocycles. The normalized spacial score (nSPS) is 19.8. The predicted molar refractivity (Wildman–Crippen MR) is 121 cm³/mol. The lowest BCUT2D eigenvalue weighted by Gasteiger charge is -2.39. The molecule has 172 valence electrons. The highest BCUT2D eigenvalue weighted by atomic mass is 19.2. The van der Waals surface area contributed by atoms with Gasteiger partial charge in [0.05, 0.1) is 12.2 Å². The standard InChI is InChI=1S/C27H27F2NO3/c1-16-23(26(32)33-12-11-17-7-5-4-6-8-17)24(18-9-10-19(28)20(29)13-18)25-21(30-16)14-27(2,3)15-22(25)31/h4-10,13,24,30H,11-12,14-15H2,1-3H3/t24-/m1/s1. The summed E-state index contributed by atoms with van der Waals surface area (Å²) >= 11 is 0. The Hall–Kier alpha value is -3.28. The lowest BCUT2D eigenvalue weighted by atomic mass is 9.68. The number of nitrogens with one attached hydrogen (secondary N) is 1. The van der Waals surface area contributed by atoms with Crippen LogP contribution in [0.15, 0.2) is 71.1 Å². The van der Waals surface area contributed by atoms with Crippen molar-refractivity contribution < 1.29 is 23.1 Å². The molecule has 0 saturated carbocycles. The van der Waals surface area contributed by atoms with Gasteiger partial charge in [0, 0.05) is 35.7 Å². The fraction of sp³-hybridized carbons (Fsp3) is 0.333. The topological polar surface area (TPSA) is 55.4 Å². The predicted octanol–water partition coefficient (Wildman–Crippen LogP) is 5.35. The number of halogens is 2. The van der Waals surface area contributed by atoms with Gasteiger partial charge < -0.3 is 10.1 Å². The van der Waals surface area contributed by atoms with E-state index in [1.807, 2.05) is 44.2 Å². The molecule has 0 radical (unpaired) electrons. The number of ketones is 1. The lowest BCUT2D eigenvalue weighted by Crippen LogP contribution is -2.38. The van der Waals surface area contributed by atoms with Crippen molar-refractivity contribution in [2.24, 2.45) is 5.41 Å². The molecule has 2 aromatic carbocycles. The molecule has 1 aliphatic carbocycles. The monoisotopic (exact) mass is 451 g/mol. The van der Waals surface area contributed by atoms with Gasteiger partial charge in [-0.15, -0.1) is 0 Å². The van der Waals surface area contributed by atoms with Crippen molar-refractivity contribution in [2.45, 2.75) is 46.0 Å². The van der Waals surface area contributed by atoms with Crippen molar-refractivity contribution in [3.05, 3.63) is 93.8 Å². The van der Waals surface area contributed by atoms with Gasteiger partial charge in [0.25, 0.3) is 0 Å². The third kappa shape index (κ3) is 4.75. The summed E-state index contributed by atoms with van der Waals surface area (Å²) in [5.41, 5.74) is 3.11. The maximum atomic E-state index is 14.2. The molecule has 0 aromatic heterocycles. The highest BCUT2D eigenvalue weighted by Crippen LogP contribution is 2.46. The highest BCUT2D eigenvalue weighted by molar-refractivity contribution is 6.04. The first kappa shape index (κ1) is 22.9. The summed E-state index contributed by atoms with van der Waals surface area (Å²) in [6, 6.07) is 13.2. The molecule has 0 bridgehead atoms. The zero-order valence-corrected chi connectivity index (χ0v) is 19.0. The van der Waals surface area contributed by atoms with Gasteiger partial charge in [-0.05, 0) is 42.0 Å². The molecule has 1 heterocycles. The quantitative estimate of drug-likeness (QED) is 0.623. The maximum absolute atomic E-state index is 14.2. The molecule has 0 unspecified atom stereocenters. The van der Waals surface area contributed by atoms with Crippen LogP contribution < -0.4 is 5.32 Å². The Labute approximate surface area is 192 Å². The fourth-order valence-corrected chi connectivity index (χ4v) is 4.72. The van der Waals surface area contributed by atoms with Crippen LogP contribution in [0.25, 0.3) is 0 Å². The average molecular weight is 452 g/mol. The number of ether oxygens (including phenoxy) is 1. The van der Waals surface area contributed by atoms with Crippen LogP contribution in [0.1, 0.15) is 50.7 Å². The first-order valence-electron chi connectivity index (χ1n) is 11.1. The minimum absolute atomic E-state index is 0.106. The maximum Gasteiger partial charge on any atom is 0.336 e. The van der Waals surface area contributed by atoms with E-state index in [1.54, 1.807) is 6.92 Å². The number of allylic oxidation sites excluding steroid dienone is 3. The van der Waals surface area contributed by atoms with Gasteiger partial charge in [-0.3, -0.25) is 4.79 Å². The zero-order valence-electron chi connectivity index (χ0n) is 19.0. The molecule has 0 fully saturated rings. The average Bonchev–Trinajstić information content (AvgIpc) is 2.74. The minimum Gasteiger partial charge on any atom is -0.462 e. The summed E-state index contributed by atoms with van der Waals surface area (Å²) in [5, 5.41) is 3.24. The van der Waals surface area contributed by atoms with Crippen LogP contribution in [0.3, 0.4) is 0 Å². The Balaban J connectivity index is 1.69. The van der Waals surface area contributed by atoms with Crippen LogP contribution in [-0.2, 0) is 20.7 Å². The number of esters is 1. The van der Waals surface area contributed by atoms with E-state index < -0.39 is 23.5 Å². The number of hydrogen-bond acceptors (Lipinski definition) is 4. The Morgan fingerprint density at radius 2 is 1.82 bits per heavy atom. The van der Waals surface area contributed by atoms with E-state index in [2.05, 4.69) is 5.32 Å². The molecule has 1 N–H and O–H groups in total. The second kappa shape index (κ2) is 8.93. The van der Waals surface area contributed by atoms with E-state index in [0.717, 1.165) is 23.4 Å². The second-order valence-electron chi connectivity index (χ2n) is 9.47. The zero-order chi connectivity index (χ0) is 23.8. The minimum atomic E-state index is -1.02. The number of hydrogen-bond donors (Lipinski definition) is 1. The molecular weight excluding hydrogens is 424 g/mol. The van der Waals surface area contributed by atoms with Crippen LogP contribution in [-0.4, -0.2) is 18.4 Å². The van der Waals surface area contributed by atoms with E-state index >= 15 is 0 Å². The second-order valence-corrected chi connectivity index (χ2v) is 9.47. The van der Waals surface area contributed by atoms with E-state index in [0.29, 0.717) is 36.1 Å². The number of dihydropyridines is 1. The van der Waals surface area contributed by atoms with Crippen LogP contribution >= 0.6 is 0 Å². The first-order valence-corrected chi connectivity index (χ1v) is 11.1. The van der Waals surface area contributed by atoms with Gasteiger partial charge in [-0.25, -0.2) is 13.6 Å². The van der Waals surface area contributed by atoms with Crippen LogP contribution in [0.2, 0.25) is 0 Å². The van der Waals surface area contributed by atoms with Crippen molar-refractivity contribution >= 4 is 11.8 Å². The molecule has 33 heavy (non-hydrogen) atoms.